The maximum absolute atomic E-state index is 12.0. The van der Waals surface area contributed by atoms with Gasteiger partial charge in [-0.3, -0.25) is 4.79 Å². The SMILES string of the molecule is Cc1cccc(C)c1NC(=O)Cc1ccc(Br)cc1. The molecule has 19 heavy (non-hydrogen) atoms. The molecule has 2 aromatic rings. The smallest absolute Gasteiger partial charge is 0.228 e. The molecule has 0 atom stereocenters. The summed E-state index contributed by atoms with van der Waals surface area (Å²) >= 11 is 3.38. The zero-order chi connectivity index (χ0) is 13.8. The van der Waals surface area contributed by atoms with Crippen LogP contribution in [0.5, 0.6) is 0 Å². The molecule has 1 amide bonds. The summed E-state index contributed by atoms with van der Waals surface area (Å²) in [6, 6.07) is 13.8. The summed E-state index contributed by atoms with van der Waals surface area (Å²) in [5, 5.41) is 2.99. The third kappa shape index (κ3) is 3.67. The molecule has 0 aromatic heterocycles. The van der Waals surface area contributed by atoms with Gasteiger partial charge >= 0.3 is 0 Å². The van der Waals surface area contributed by atoms with Crippen LogP contribution in [0.25, 0.3) is 0 Å². The summed E-state index contributed by atoms with van der Waals surface area (Å²) in [4.78, 5) is 12.0. The molecule has 0 heterocycles. The molecule has 98 valence electrons. The molecule has 0 aliphatic heterocycles. The normalized spacial score (nSPS) is 10.3. The van der Waals surface area contributed by atoms with Crippen molar-refractivity contribution in [2.24, 2.45) is 0 Å². The van der Waals surface area contributed by atoms with Gasteiger partial charge in [-0.25, -0.2) is 0 Å². The molecular formula is C16H16BrNO. The summed E-state index contributed by atoms with van der Waals surface area (Å²) in [5.41, 5.74) is 4.10. The van der Waals surface area contributed by atoms with E-state index in [1.807, 2.05) is 56.3 Å². The van der Waals surface area contributed by atoms with Crippen LogP contribution < -0.4 is 5.32 Å². The molecule has 0 aliphatic carbocycles. The van der Waals surface area contributed by atoms with Crippen molar-refractivity contribution in [2.75, 3.05) is 5.32 Å². The van der Waals surface area contributed by atoms with Crippen molar-refractivity contribution in [3.63, 3.8) is 0 Å². The first-order chi connectivity index (χ1) is 9.06. The lowest BCUT2D eigenvalue weighted by atomic mass is 10.1. The molecule has 0 aliphatic rings. The maximum Gasteiger partial charge on any atom is 0.228 e. The molecule has 2 rings (SSSR count). The molecule has 0 saturated heterocycles. The van der Waals surface area contributed by atoms with Gasteiger partial charge in [-0.15, -0.1) is 0 Å². The van der Waals surface area contributed by atoms with Crippen molar-refractivity contribution in [3.05, 3.63) is 63.6 Å². The minimum atomic E-state index is 0.0136. The molecule has 3 heteroatoms. The zero-order valence-electron chi connectivity index (χ0n) is 11.0. The van der Waals surface area contributed by atoms with Crippen molar-refractivity contribution in [3.8, 4) is 0 Å². The molecular weight excluding hydrogens is 302 g/mol. The van der Waals surface area contributed by atoms with Gasteiger partial charge in [0.2, 0.25) is 5.91 Å². The highest BCUT2D eigenvalue weighted by atomic mass is 79.9. The number of rotatable bonds is 3. The van der Waals surface area contributed by atoms with Gasteiger partial charge in [0, 0.05) is 10.2 Å². The van der Waals surface area contributed by atoms with Gasteiger partial charge in [-0.05, 0) is 42.7 Å². The molecule has 0 radical (unpaired) electrons. The lowest BCUT2D eigenvalue weighted by molar-refractivity contribution is -0.115. The molecule has 2 aromatic carbocycles. The summed E-state index contributed by atoms with van der Waals surface area (Å²) in [5.74, 6) is 0.0136. The van der Waals surface area contributed by atoms with Crippen LogP contribution in [-0.4, -0.2) is 5.91 Å². The number of hydrogen-bond donors (Lipinski definition) is 1. The second-order valence-electron chi connectivity index (χ2n) is 4.62. The highest BCUT2D eigenvalue weighted by molar-refractivity contribution is 9.10. The topological polar surface area (TPSA) is 29.1 Å². The number of para-hydroxylation sites is 1. The molecule has 1 N–H and O–H groups in total. The van der Waals surface area contributed by atoms with E-state index in [4.69, 9.17) is 0 Å². The Labute approximate surface area is 122 Å². The van der Waals surface area contributed by atoms with E-state index >= 15 is 0 Å². The lowest BCUT2D eigenvalue weighted by Gasteiger charge is -2.11. The number of carbonyl (C=O) groups is 1. The van der Waals surface area contributed by atoms with E-state index in [1.165, 1.54) is 0 Å². The van der Waals surface area contributed by atoms with Crippen LogP contribution in [0.2, 0.25) is 0 Å². The van der Waals surface area contributed by atoms with E-state index in [0.29, 0.717) is 6.42 Å². The van der Waals surface area contributed by atoms with Crippen molar-refractivity contribution in [2.45, 2.75) is 20.3 Å². The number of anilines is 1. The Morgan fingerprint density at radius 3 is 2.21 bits per heavy atom. The number of nitrogens with one attached hydrogen (secondary N) is 1. The fourth-order valence-electron chi connectivity index (χ4n) is 1.98. The Morgan fingerprint density at radius 1 is 1.05 bits per heavy atom. The van der Waals surface area contributed by atoms with Crippen molar-refractivity contribution in [1.29, 1.82) is 0 Å². The standard InChI is InChI=1S/C16H16BrNO/c1-11-4-3-5-12(2)16(11)18-15(19)10-13-6-8-14(17)9-7-13/h3-9H,10H2,1-2H3,(H,18,19). The zero-order valence-corrected chi connectivity index (χ0v) is 12.6. The Bertz CT molecular complexity index is 570. The van der Waals surface area contributed by atoms with Gasteiger partial charge in [0.25, 0.3) is 0 Å². The molecule has 0 unspecified atom stereocenters. The predicted molar refractivity (Wildman–Crippen MR) is 82.4 cm³/mol. The Kier molecular flexibility index (Phi) is 4.38. The Hall–Kier alpha value is -1.61. The Balaban J connectivity index is 2.07. The van der Waals surface area contributed by atoms with Crippen molar-refractivity contribution in [1.82, 2.24) is 0 Å². The van der Waals surface area contributed by atoms with Gasteiger partial charge in [-0.1, -0.05) is 46.3 Å². The fraction of sp³-hybridized carbons (Fsp3) is 0.188. The predicted octanol–water partition coefficient (Wildman–Crippen LogP) is 4.25. The molecule has 0 saturated carbocycles. The third-order valence-electron chi connectivity index (χ3n) is 3.02. The second-order valence-corrected chi connectivity index (χ2v) is 5.53. The van der Waals surface area contributed by atoms with Crippen LogP contribution in [0.15, 0.2) is 46.9 Å². The minimum Gasteiger partial charge on any atom is -0.325 e. The highest BCUT2D eigenvalue weighted by Crippen LogP contribution is 2.20. The quantitative estimate of drug-likeness (QED) is 0.901. The minimum absolute atomic E-state index is 0.0136. The van der Waals surface area contributed by atoms with E-state index < -0.39 is 0 Å². The van der Waals surface area contributed by atoms with E-state index in [-0.39, 0.29) is 5.91 Å². The first kappa shape index (κ1) is 13.8. The summed E-state index contributed by atoms with van der Waals surface area (Å²) in [6.45, 7) is 4.00. The molecule has 0 bridgehead atoms. The summed E-state index contributed by atoms with van der Waals surface area (Å²) in [7, 11) is 0. The van der Waals surface area contributed by atoms with Crippen LogP contribution >= 0.6 is 15.9 Å². The number of aryl methyl sites for hydroxylation is 2. The van der Waals surface area contributed by atoms with Gasteiger partial charge < -0.3 is 5.32 Å². The fourth-order valence-corrected chi connectivity index (χ4v) is 2.25. The van der Waals surface area contributed by atoms with E-state index in [9.17, 15) is 4.79 Å². The van der Waals surface area contributed by atoms with Gasteiger partial charge in [0.1, 0.15) is 0 Å². The number of carbonyl (C=O) groups excluding carboxylic acids is 1. The monoisotopic (exact) mass is 317 g/mol. The van der Waals surface area contributed by atoms with Crippen LogP contribution in [-0.2, 0) is 11.2 Å². The van der Waals surface area contributed by atoms with Crippen LogP contribution in [0, 0.1) is 13.8 Å². The first-order valence-electron chi connectivity index (χ1n) is 6.17. The summed E-state index contributed by atoms with van der Waals surface area (Å²) in [6.07, 6.45) is 0.390. The number of hydrogen-bond acceptors (Lipinski definition) is 1. The average molecular weight is 318 g/mol. The summed E-state index contributed by atoms with van der Waals surface area (Å²) < 4.78 is 1.02. The highest BCUT2D eigenvalue weighted by Gasteiger charge is 2.07. The first-order valence-corrected chi connectivity index (χ1v) is 6.96. The lowest BCUT2D eigenvalue weighted by Crippen LogP contribution is -2.15. The molecule has 2 nitrogen and oxygen atoms in total. The molecule has 0 spiro atoms. The van der Waals surface area contributed by atoms with E-state index in [0.717, 1.165) is 26.9 Å². The van der Waals surface area contributed by atoms with E-state index in [1.54, 1.807) is 0 Å². The molecule has 0 fully saturated rings. The van der Waals surface area contributed by atoms with Crippen molar-refractivity contribution < 1.29 is 4.79 Å². The van der Waals surface area contributed by atoms with Gasteiger partial charge in [-0.2, -0.15) is 0 Å². The average Bonchev–Trinajstić information content (AvgIpc) is 2.37. The number of amides is 1. The number of halogens is 1. The van der Waals surface area contributed by atoms with Crippen molar-refractivity contribution >= 4 is 27.5 Å². The van der Waals surface area contributed by atoms with Gasteiger partial charge in [0.05, 0.1) is 6.42 Å². The van der Waals surface area contributed by atoms with Gasteiger partial charge in [0.15, 0.2) is 0 Å². The number of benzene rings is 2. The van der Waals surface area contributed by atoms with Crippen LogP contribution in [0.3, 0.4) is 0 Å². The maximum atomic E-state index is 12.0. The Morgan fingerprint density at radius 2 is 1.63 bits per heavy atom. The largest absolute Gasteiger partial charge is 0.325 e. The van der Waals surface area contributed by atoms with Crippen LogP contribution in [0.4, 0.5) is 5.69 Å². The van der Waals surface area contributed by atoms with Crippen LogP contribution in [0.1, 0.15) is 16.7 Å². The third-order valence-corrected chi connectivity index (χ3v) is 3.55. The second kappa shape index (κ2) is 6.02. The van der Waals surface area contributed by atoms with E-state index in [2.05, 4.69) is 21.2 Å².